The zero-order chi connectivity index (χ0) is 18.9. The minimum atomic E-state index is -0.353. The molecule has 0 saturated heterocycles. The van der Waals surface area contributed by atoms with Crippen LogP contribution < -0.4 is 5.32 Å². The fourth-order valence-electron chi connectivity index (χ4n) is 2.49. The molecule has 0 unspecified atom stereocenters. The number of rotatable bonds is 8. The number of hydrogen-bond donors (Lipinski definition) is 1. The maximum Gasteiger partial charge on any atom is 0.338 e. The van der Waals surface area contributed by atoms with Gasteiger partial charge in [0.05, 0.1) is 5.56 Å². The van der Waals surface area contributed by atoms with Gasteiger partial charge in [0.15, 0.2) is 0 Å². The van der Waals surface area contributed by atoms with Crippen LogP contribution in [0.4, 0.5) is 5.69 Å². The zero-order valence-corrected chi connectivity index (χ0v) is 15.6. The minimum Gasteiger partial charge on any atom is -0.461 e. The lowest BCUT2D eigenvalue weighted by molar-refractivity contribution is 0.0466. The molecule has 0 bridgehead atoms. The first kappa shape index (κ1) is 19.7. The van der Waals surface area contributed by atoms with Crippen LogP contribution in [0.1, 0.15) is 40.1 Å². The van der Waals surface area contributed by atoms with Crippen LogP contribution in [-0.2, 0) is 4.74 Å². The van der Waals surface area contributed by atoms with E-state index in [4.69, 9.17) is 4.74 Å². The van der Waals surface area contributed by atoms with Gasteiger partial charge < -0.3 is 15.0 Å². The summed E-state index contributed by atoms with van der Waals surface area (Å²) >= 11 is 0. The number of carbonyl (C=O) groups excluding carboxylic acids is 2. The van der Waals surface area contributed by atoms with Crippen LogP contribution in [0.2, 0.25) is 0 Å². The summed E-state index contributed by atoms with van der Waals surface area (Å²) in [6.07, 6.45) is 0. The number of carbonyl (C=O) groups is 2. The molecule has 2 rings (SSSR count). The van der Waals surface area contributed by atoms with Crippen molar-refractivity contribution in [3.8, 4) is 0 Å². The average molecular weight is 354 g/mol. The minimum absolute atomic E-state index is 0.181. The second-order valence-corrected chi connectivity index (χ2v) is 6.06. The van der Waals surface area contributed by atoms with Crippen LogP contribution in [0.25, 0.3) is 0 Å². The number of likely N-dealkylation sites (N-methyl/N-ethyl adjacent to an activating group) is 1. The normalized spacial score (nSPS) is 10.6. The van der Waals surface area contributed by atoms with Gasteiger partial charge in [-0.25, -0.2) is 4.79 Å². The molecule has 0 aromatic heterocycles. The molecule has 1 amide bonds. The van der Waals surface area contributed by atoms with Gasteiger partial charge in [0, 0.05) is 17.8 Å². The predicted molar refractivity (Wildman–Crippen MR) is 104 cm³/mol. The molecule has 2 aromatic carbocycles. The van der Waals surface area contributed by atoms with Gasteiger partial charge in [0.1, 0.15) is 6.61 Å². The van der Waals surface area contributed by atoms with E-state index in [2.05, 4.69) is 24.1 Å². The molecule has 0 aliphatic heterocycles. The predicted octanol–water partition coefficient (Wildman–Crippen LogP) is 3.75. The van der Waals surface area contributed by atoms with Crippen LogP contribution >= 0.6 is 0 Å². The second kappa shape index (κ2) is 9.73. The van der Waals surface area contributed by atoms with Crippen LogP contribution in [0, 0.1) is 6.92 Å². The third kappa shape index (κ3) is 5.70. The van der Waals surface area contributed by atoms with Crippen molar-refractivity contribution in [1.29, 1.82) is 0 Å². The molecule has 0 fully saturated rings. The third-order valence-corrected chi connectivity index (χ3v) is 4.23. The molecule has 0 radical (unpaired) electrons. The molecule has 0 heterocycles. The van der Waals surface area contributed by atoms with Crippen molar-refractivity contribution in [1.82, 2.24) is 4.90 Å². The first-order valence-electron chi connectivity index (χ1n) is 8.91. The first-order chi connectivity index (χ1) is 12.5. The van der Waals surface area contributed by atoms with Gasteiger partial charge in [-0.3, -0.25) is 4.79 Å². The van der Waals surface area contributed by atoms with E-state index in [1.807, 2.05) is 19.1 Å². The van der Waals surface area contributed by atoms with E-state index < -0.39 is 0 Å². The molecular weight excluding hydrogens is 328 g/mol. The summed E-state index contributed by atoms with van der Waals surface area (Å²) in [6.45, 7) is 9.09. The van der Waals surface area contributed by atoms with Gasteiger partial charge in [-0.1, -0.05) is 31.5 Å². The van der Waals surface area contributed by atoms with Crippen molar-refractivity contribution in [2.45, 2.75) is 20.8 Å². The highest BCUT2D eigenvalue weighted by molar-refractivity contribution is 6.04. The Morgan fingerprint density at radius 3 is 2.08 bits per heavy atom. The Balaban J connectivity index is 1.88. The largest absolute Gasteiger partial charge is 0.461 e. The molecule has 138 valence electrons. The molecule has 26 heavy (non-hydrogen) atoms. The number of amides is 1. The summed E-state index contributed by atoms with van der Waals surface area (Å²) in [4.78, 5) is 26.5. The monoisotopic (exact) mass is 354 g/mol. The van der Waals surface area contributed by atoms with Crippen LogP contribution in [0.15, 0.2) is 48.5 Å². The summed E-state index contributed by atoms with van der Waals surface area (Å²) in [5.41, 5.74) is 2.80. The second-order valence-electron chi connectivity index (χ2n) is 6.06. The highest BCUT2D eigenvalue weighted by Crippen LogP contribution is 2.13. The van der Waals surface area contributed by atoms with Crippen LogP contribution in [0.5, 0.6) is 0 Å². The number of esters is 1. The lowest BCUT2D eigenvalue weighted by Gasteiger charge is -2.17. The number of benzene rings is 2. The summed E-state index contributed by atoms with van der Waals surface area (Å²) in [5, 5.41) is 2.82. The Morgan fingerprint density at radius 1 is 0.923 bits per heavy atom. The van der Waals surface area contributed by atoms with Gasteiger partial charge in [-0.2, -0.15) is 0 Å². The quantitative estimate of drug-likeness (QED) is 0.734. The van der Waals surface area contributed by atoms with E-state index >= 15 is 0 Å². The fourth-order valence-corrected chi connectivity index (χ4v) is 2.49. The molecule has 0 aliphatic rings. The Morgan fingerprint density at radius 2 is 1.50 bits per heavy atom. The van der Waals surface area contributed by atoms with E-state index in [0.29, 0.717) is 23.4 Å². The molecule has 1 N–H and O–H groups in total. The van der Waals surface area contributed by atoms with Crippen molar-refractivity contribution in [3.63, 3.8) is 0 Å². The Labute approximate surface area is 155 Å². The van der Waals surface area contributed by atoms with Crippen molar-refractivity contribution in [3.05, 3.63) is 65.2 Å². The zero-order valence-electron chi connectivity index (χ0n) is 15.6. The van der Waals surface area contributed by atoms with E-state index in [9.17, 15) is 9.59 Å². The Hall–Kier alpha value is -2.66. The molecule has 2 aromatic rings. The topological polar surface area (TPSA) is 58.6 Å². The molecule has 0 aliphatic carbocycles. The first-order valence-corrected chi connectivity index (χ1v) is 8.91. The van der Waals surface area contributed by atoms with Crippen molar-refractivity contribution in [2.75, 3.05) is 31.6 Å². The number of aryl methyl sites for hydroxylation is 1. The number of ether oxygens (including phenoxy) is 1. The summed E-state index contributed by atoms with van der Waals surface area (Å²) in [7, 11) is 0. The van der Waals surface area contributed by atoms with E-state index in [-0.39, 0.29) is 11.9 Å². The average Bonchev–Trinajstić information content (AvgIpc) is 2.66. The lowest BCUT2D eigenvalue weighted by Crippen LogP contribution is -2.27. The number of nitrogens with one attached hydrogen (secondary N) is 1. The number of nitrogens with zero attached hydrogens (tertiary/aromatic N) is 1. The van der Waals surface area contributed by atoms with E-state index in [1.165, 1.54) is 0 Å². The maximum atomic E-state index is 12.2. The van der Waals surface area contributed by atoms with Gasteiger partial charge in [-0.05, 0) is 56.4 Å². The van der Waals surface area contributed by atoms with Crippen molar-refractivity contribution < 1.29 is 14.3 Å². The highest BCUT2D eigenvalue weighted by Gasteiger charge is 2.10. The third-order valence-electron chi connectivity index (χ3n) is 4.23. The van der Waals surface area contributed by atoms with Crippen molar-refractivity contribution in [2.24, 2.45) is 0 Å². The van der Waals surface area contributed by atoms with Crippen LogP contribution in [-0.4, -0.2) is 43.0 Å². The molecular formula is C21H26N2O3. The van der Waals surface area contributed by atoms with Crippen LogP contribution in [0.3, 0.4) is 0 Å². The lowest BCUT2D eigenvalue weighted by atomic mass is 10.1. The van der Waals surface area contributed by atoms with E-state index in [0.717, 1.165) is 25.2 Å². The molecule has 5 nitrogen and oxygen atoms in total. The number of anilines is 1. The SMILES string of the molecule is CCN(CC)CCOC(=O)c1ccc(NC(=O)c2ccc(C)cc2)cc1. The molecule has 0 saturated carbocycles. The Kier molecular flexibility index (Phi) is 7.36. The maximum absolute atomic E-state index is 12.2. The van der Waals surface area contributed by atoms with Gasteiger partial charge in [0.2, 0.25) is 0 Å². The molecule has 5 heteroatoms. The summed E-state index contributed by atoms with van der Waals surface area (Å²) in [6, 6.07) is 14.1. The highest BCUT2D eigenvalue weighted by atomic mass is 16.5. The van der Waals surface area contributed by atoms with Crippen molar-refractivity contribution >= 4 is 17.6 Å². The van der Waals surface area contributed by atoms with E-state index in [1.54, 1.807) is 36.4 Å². The fraction of sp³-hybridized carbons (Fsp3) is 0.333. The van der Waals surface area contributed by atoms with Gasteiger partial charge >= 0.3 is 5.97 Å². The molecule has 0 spiro atoms. The summed E-state index contributed by atoms with van der Waals surface area (Å²) < 4.78 is 5.30. The van der Waals surface area contributed by atoms with Gasteiger partial charge in [-0.15, -0.1) is 0 Å². The molecule has 0 atom stereocenters. The van der Waals surface area contributed by atoms with Gasteiger partial charge in [0.25, 0.3) is 5.91 Å². The smallest absolute Gasteiger partial charge is 0.338 e. The summed E-state index contributed by atoms with van der Waals surface area (Å²) in [5.74, 6) is -0.534. The Bertz CT molecular complexity index is 720. The standard InChI is InChI=1S/C21H26N2O3/c1-4-23(5-2)14-15-26-21(25)18-10-12-19(13-11-18)22-20(24)17-8-6-16(3)7-9-17/h6-13H,4-5,14-15H2,1-3H3,(H,22,24). The number of hydrogen-bond acceptors (Lipinski definition) is 4.